The molecule has 0 saturated carbocycles. The third-order valence-corrected chi connectivity index (χ3v) is 3.31. The zero-order valence-electron chi connectivity index (χ0n) is 10.2. The average molecular weight is 318 g/mol. The van der Waals surface area contributed by atoms with Crippen LogP contribution in [-0.2, 0) is 6.42 Å². The van der Waals surface area contributed by atoms with Gasteiger partial charge in [0.05, 0.1) is 6.61 Å². The lowest BCUT2D eigenvalue weighted by atomic mass is 10.3. The standard InChI is InChI=1S/C14H12BrN3O/c15-13-14-16-8-4-9-18(14)12(17-13)7-10-19-11-5-2-1-3-6-11/h1-6,8-9H,7,10H2. The van der Waals surface area contributed by atoms with Crippen molar-refractivity contribution in [1.29, 1.82) is 0 Å². The molecule has 0 saturated heterocycles. The minimum atomic E-state index is 0.588. The number of para-hydroxylation sites is 1. The molecule has 0 fully saturated rings. The van der Waals surface area contributed by atoms with E-state index < -0.39 is 0 Å². The van der Waals surface area contributed by atoms with Gasteiger partial charge in [-0.1, -0.05) is 18.2 Å². The summed E-state index contributed by atoms with van der Waals surface area (Å²) < 4.78 is 8.42. The van der Waals surface area contributed by atoms with Gasteiger partial charge in [0.2, 0.25) is 0 Å². The van der Waals surface area contributed by atoms with E-state index in [0.29, 0.717) is 6.61 Å². The van der Waals surface area contributed by atoms with Crippen LogP contribution in [0.4, 0.5) is 0 Å². The third kappa shape index (κ3) is 2.61. The summed E-state index contributed by atoms with van der Waals surface area (Å²) in [5.74, 6) is 1.81. The van der Waals surface area contributed by atoms with Crippen molar-refractivity contribution in [1.82, 2.24) is 14.4 Å². The number of aromatic nitrogens is 3. The van der Waals surface area contributed by atoms with Crippen molar-refractivity contribution in [2.24, 2.45) is 0 Å². The van der Waals surface area contributed by atoms with Crippen LogP contribution >= 0.6 is 15.9 Å². The fraction of sp³-hybridized carbons (Fsp3) is 0.143. The maximum atomic E-state index is 5.68. The minimum absolute atomic E-state index is 0.588. The van der Waals surface area contributed by atoms with E-state index in [1.165, 1.54) is 0 Å². The Morgan fingerprint density at radius 2 is 2.00 bits per heavy atom. The van der Waals surface area contributed by atoms with Gasteiger partial charge in [-0.2, -0.15) is 0 Å². The molecule has 0 amide bonds. The summed E-state index contributed by atoms with van der Waals surface area (Å²) in [6, 6.07) is 11.7. The highest BCUT2D eigenvalue weighted by Gasteiger charge is 2.09. The number of halogens is 1. The molecule has 0 aliphatic carbocycles. The highest BCUT2D eigenvalue weighted by molar-refractivity contribution is 9.10. The van der Waals surface area contributed by atoms with E-state index in [1.807, 2.05) is 47.0 Å². The summed E-state index contributed by atoms with van der Waals surface area (Å²) in [6.45, 7) is 0.588. The molecule has 0 spiro atoms. The molecule has 0 N–H and O–H groups in total. The third-order valence-electron chi connectivity index (χ3n) is 2.77. The van der Waals surface area contributed by atoms with Crippen LogP contribution in [0.5, 0.6) is 5.75 Å². The van der Waals surface area contributed by atoms with Gasteiger partial charge in [-0.25, -0.2) is 9.97 Å². The molecule has 0 atom stereocenters. The van der Waals surface area contributed by atoms with Crippen molar-refractivity contribution >= 4 is 21.6 Å². The monoisotopic (exact) mass is 317 g/mol. The molecule has 19 heavy (non-hydrogen) atoms. The number of hydrogen-bond donors (Lipinski definition) is 0. The Labute approximate surface area is 119 Å². The zero-order valence-corrected chi connectivity index (χ0v) is 11.7. The molecule has 2 aromatic heterocycles. The van der Waals surface area contributed by atoms with Crippen molar-refractivity contribution in [3.05, 3.63) is 59.2 Å². The molecule has 2 heterocycles. The molecule has 4 nitrogen and oxygen atoms in total. The summed E-state index contributed by atoms with van der Waals surface area (Å²) in [7, 11) is 0. The molecule has 0 unspecified atom stereocenters. The summed E-state index contributed by atoms with van der Waals surface area (Å²) in [5.41, 5.74) is 0.831. The van der Waals surface area contributed by atoms with Gasteiger partial charge in [-0.05, 0) is 34.1 Å². The molecular formula is C14H12BrN3O. The Kier molecular flexibility index (Phi) is 3.46. The van der Waals surface area contributed by atoms with Crippen LogP contribution in [0, 0.1) is 0 Å². The lowest BCUT2D eigenvalue weighted by Crippen LogP contribution is -2.04. The smallest absolute Gasteiger partial charge is 0.171 e. The fourth-order valence-electron chi connectivity index (χ4n) is 1.90. The Morgan fingerprint density at radius 3 is 2.84 bits per heavy atom. The Hall–Kier alpha value is -1.88. The second kappa shape index (κ2) is 5.40. The lowest BCUT2D eigenvalue weighted by Gasteiger charge is -2.05. The topological polar surface area (TPSA) is 39.4 Å². The first-order valence-electron chi connectivity index (χ1n) is 6.00. The van der Waals surface area contributed by atoms with Gasteiger partial charge in [-0.3, -0.25) is 4.40 Å². The molecule has 96 valence electrons. The van der Waals surface area contributed by atoms with E-state index in [0.717, 1.165) is 28.2 Å². The van der Waals surface area contributed by atoms with Crippen molar-refractivity contribution in [3.8, 4) is 5.75 Å². The quantitative estimate of drug-likeness (QED) is 0.742. The second-order valence-electron chi connectivity index (χ2n) is 4.04. The van der Waals surface area contributed by atoms with Gasteiger partial charge in [0.1, 0.15) is 11.6 Å². The van der Waals surface area contributed by atoms with Gasteiger partial charge in [0, 0.05) is 18.8 Å². The van der Waals surface area contributed by atoms with Gasteiger partial charge < -0.3 is 4.74 Å². The molecule has 1 aromatic carbocycles. The predicted molar refractivity (Wildman–Crippen MR) is 76.3 cm³/mol. The van der Waals surface area contributed by atoms with Crippen LogP contribution < -0.4 is 4.74 Å². The second-order valence-corrected chi connectivity index (χ2v) is 4.79. The number of benzene rings is 1. The lowest BCUT2D eigenvalue weighted by molar-refractivity contribution is 0.318. The molecule has 0 aliphatic rings. The van der Waals surface area contributed by atoms with Crippen LogP contribution in [0.25, 0.3) is 5.65 Å². The molecule has 0 bridgehead atoms. The maximum Gasteiger partial charge on any atom is 0.171 e. The van der Waals surface area contributed by atoms with Crippen molar-refractivity contribution < 1.29 is 4.74 Å². The Morgan fingerprint density at radius 1 is 1.16 bits per heavy atom. The van der Waals surface area contributed by atoms with Crippen molar-refractivity contribution in [3.63, 3.8) is 0 Å². The molecule has 0 aliphatic heterocycles. The SMILES string of the molecule is Brc1nc(CCOc2ccccc2)n2cccnc12. The van der Waals surface area contributed by atoms with E-state index in [4.69, 9.17) is 4.74 Å². The Balaban J connectivity index is 1.72. The number of fused-ring (bicyclic) bond motifs is 1. The van der Waals surface area contributed by atoms with Crippen LogP contribution in [0.2, 0.25) is 0 Å². The van der Waals surface area contributed by atoms with Gasteiger partial charge in [-0.15, -0.1) is 0 Å². The van der Waals surface area contributed by atoms with E-state index in [9.17, 15) is 0 Å². The number of hydrogen-bond acceptors (Lipinski definition) is 3. The van der Waals surface area contributed by atoms with Crippen LogP contribution in [0.3, 0.4) is 0 Å². The molecule has 3 aromatic rings. The Bertz CT molecular complexity index is 681. The minimum Gasteiger partial charge on any atom is -0.493 e. The van der Waals surface area contributed by atoms with E-state index in [1.54, 1.807) is 6.20 Å². The maximum absolute atomic E-state index is 5.68. The average Bonchev–Trinajstić information content (AvgIpc) is 2.78. The number of ether oxygens (including phenoxy) is 1. The largest absolute Gasteiger partial charge is 0.493 e. The zero-order chi connectivity index (χ0) is 13.1. The van der Waals surface area contributed by atoms with Crippen LogP contribution in [-0.4, -0.2) is 21.0 Å². The van der Waals surface area contributed by atoms with E-state index in [-0.39, 0.29) is 0 Å². The number of rotatable bonds is 4. The first kappa shape index (κ1) is 12.2. The number of imidazole rings is 1. The van der Waals surface area contributed by atoms with Gasteiger partial charge >= 0.3 is 0 Å². The van der Waals surface area contributed by atoms with Gasteiger partial charge in [0.15, 0.2) is 10.3 Å². The fourth-order valence-corrected chi connectivity index (χ4v) is 2.40. The molecular weight excluding hydrogens is 306 g/mol. The summed E-state index contributed by atoms with van der Waals surface area (Å²) in [5, 5.41) is 0. The van der Waals surface area contributed by atoms with Gasteiger partial charge in [0.25, 0.3) is 0 Å². The first-order chi connectivity index (χ1) is 9.34. The van der Waals surface area contributed by atoms with Crippen molar-refractivity contribution in [2.75, 3.05) is 6.61 Å². The van der Waals surface area contributed by atoms with E-state index in [2.05, 4.69) is 25.9 Å². The highest BCUT2D eigenvalue weighted by Crippen LogP contribution is 2.17. The summed E-state index contributed by atoms with van der Waals surface area (Å²) >= 11 is 3.42. The summed E-state index contributed by atoms with van der Waals surface area (Å²) in [6.07, 6.45) is 4.44. The highest BCUT2D eigenvalue weighted by atomic mass is 79.9. The molecule has 5 heteroatoms. The van der Waals surface area contributed by atoms with Crippen molar-refractivity contribution in [2.45, 2.75) is 6.42 Å². The number of nitrogens with zero attached hydrogens (tertiary/aromatic N) is 3. The normalized spacial score (nSPS) is 10.8. The first-order valence-corrected chi connectivity index (χ1v) is 6.79. The van der Waals surface area contributed by atoms with Crippen LogP contribution in [0.1, 0.15) is 5.82 Å². The van der Waals surface area contributed by atoms with Crippen LogP contribution in [0.15, 0.2) is 53.4 Å². The predicted octanol–water partition coefficient (Wildman–Crippen LogP) is 3.11. The van der Waals surface area contributed by atoms with E-state index >= 15 is 0 Å². The molecule has 0 radical (unpaired) electrons. The molecule has 3 rings (SSSR count). The summed E-state index contributed by atoms with van der Waals surface area (Å²) in [4.78, 5) is 8.74.